The molecule has 0 saturated heterocycles. The van der Waals surface area contributed by atoms with E-state index >= 15 is 0 Å². The smallest absolute Gasteiger partial charge is 0.270 e. The van der Waals surface area contributed by atoms with Gasteiger partial charge in [0, 0.05) is 22.7 Å². The van der Waals surface area contributed by atoms with E-state index in [2.05, 4.69) is 6.58 Å². The first-order chi connectivity index (χ1) is 7.91. The zero-order valence-corrected chi connectivity index (χ0v) is 9.98. The number of hydrogen-bond acceptors (Lipinski definition) is 4. The van der Waals surface area contributed by atoms with Gasteiger partial charge < -0.3 is 9.84 Å². The largest absolute Gasteiger partial charge is 0.488 e. The Morgan fingerprint density at radius 2 is 2.35 bits per heavy atom. The van der Waals surface area contributed by atoms with Crippen molar-refractivity contribution >= 4 is 17.3 Å². The van der Waals surface area contributed by atoms with Crippen molar-refractivity contribution in [2.75, 3.05) is 6.61 Å². The maximum absolute atomic E-state index is 10.6. The van der Waals surface area contributed by atoms with Crippen molar-refractivity contribution < 1.29 is 14.8 Å². The van der Waals surface area contributed by atoms with E-state index in [0.717, 1.165) is 0 Å². The lowest BCUT2D eigenvalue weighted by Crippen LogP contribution is -2.03. The van der Waals surface area contributed by atoms with Crippen molar-refractivity contribution in [3.63, 3.8) is 0 Å². The van der Waals surface area contributed by atoms with Gasteiger partial charge in [0.2, 0.25) is 0 Å². The number of nitro groups is 1. The SMILES string of the molecule is C=C(Cl)COc1ccc([N+](=O)[O-])cc1C(C)O. The summed E-state index contributed by atoms with van der Waals surface area (Å²) in [5.74, 6) is 0.354. The summed E-state index contributed by atoms with van der Waals surface area (Å²) in [6.07, 6.45) is -0.867. The van der Waals surface area contributed by atoms with Crippen molar-refractivity contribution in [2.24, 2.45) is 0 Å². The summed E-state index contributed by atoms with van der Waals surface area (Å²) in [5.41, 5.74) is 0.245. The van der Waals surface area contributed by atoms with Gasteiger partial charge in [-0.3, -0.25) is 10.1 Å². The van der Waals surface area contributed by atoms with E-state index in [-0.39, 0.29) is 12.3 Å². The van der Waals surface area contributed by atoms with Crippen molar-refractivity contribution in [2.45, 2.75) is 13.0 Å². The summed E-state index contributed by atoms with van der Waals surface area (Å²) >= 11 is 5.55. The minimum Gasteiger partial charge on any atom is -0.488 e. The number of rotatable bonds is 5. The van der Waals surface area contributed by atoms with E-state index in [1.807, 2.05) is 0 Å². The van der Waals surface area contributed by atoms with E-state index in [1.54, 1.807) is 0 Å². The van der Waals surface area contributed by atoms with Crippen LogP contribution in [-0.2, 0) is 0 Å². The quantitative estimate of drug-likeness (QED) is 0.650. The molecule has 0 saturated carbocycles. The molecule has 0 heterocycles. The minimum atomic E-state index is -0.867. The van der Waals surface area contributed by atoms with Crippen LogP contribution < -0.4 is 4.74 Å². The molecule has 0 amide bonds. The van der Waals surface area contributed by atoms with E-state index in [1.165, 1.54) is 25.1 Å². The van der Waals surface area contributed by atoms with Crippen LogP contribution in [0.5, 0.6) is 5.75 Å². The molecule has 0 aliphatic heterocycles. The molecule has 1 N–H and O–H groups in total. The van der Waals surface area contributed by atoms with Crippen LogP contribution in [0.1, 0.15) is 18.6 Å². The number of non-ortho nitro benzene ring substituents is 1. The molecule has 0 fully saturated rings. The van der Waals surface area contributed by atoms with Gasteiger partial charge in [-0.05, 0) is 13.0 Å². The zero-order chi connectivity index (χ0) is 13.0. The Balaban J connectivity index is 3.04. The number of hydrogen-bond donors (Lipinski definition) is 1. The standard InChI is InChI=1S/C11H12ClNO4/c1-7(12)6-17-11-4-3-9(13(15)16)5-10(11)8(2)14/h3-5,8,14H,1,6H2,2H3. The average molecular weight is 258 g/mol. The van der Waals surface area contributed by atoms with Gasteiger partial charge in [-0.2, -0.15) is 0 Å². The Morgan fingerprint density at radius 3 is 2.82 bits per heavy atom. The first-order valence-electron chi connectivity index (χ1n) is 4.84. The van der Waals surface area contributed by atoms with Crippen LogP contribution in [0.3, 0.4) is 0 Å². The minimum absolute atomic E-state index is 0.0824. The third-order valence-electron chi connectivity index (χ3n) is 2.04. The summed E-state index contributed by atoms with van der Waals surface area (Å²) in [4.78, 5) is 10.1. The summed E-state index contributed by atoms with van der Waals surface area (Å²) < 4.78 is 5.28. The Kier molecular flexibility index (Phi) is 4.48. The van der Waals surface area contributed by atoms with Crippen LogP contribution >= 0.6 is 11.6 Å². The summed E-state index contributed by atoms with van der Waals surface area (Å²) in [7, 11) is 0. The first kappa shape index (κ1) is 13.5. The molecule has 0 radical (unpaired) electrons. The predicted octanol–water partition coefficient (Wildman–Crippen LogP) is 2.78. The molecule has 1 rings (SSSR count). The molecular formula is C11H12ClNO4. The fourth-order valence-electron chi connectivity index (χ4n) is 1.26. The van der Waals surface area contributed by atoms with Crippen LogP contribution in [0.25, 0.3) is 0 Å². The van der Waals surface area contributed by atoms with Crippen LogP contribution in [0.15, 0.2) is 29.8 Å². The van der Waals surface area contributed by atoms with Gasteiger partial charge in [-0.25, -0.2) is 0 Å². The highest BCUT2D eigenvalue weighted by Crippen LogP contribution is 2.29. The third kappa shape index (κ3) is 3.72. The highest BCUT2D eigenvalue weighted by Gasteiger charge is 2.15. The van der Waals surface area contributed by atoms with E-state index in [0.29, 0.717) is 16.3 Å². The summed E-state index contributed by atoms with van der Waals surface area (Å²) in [6.45, 7) is 5.04. The zero-order valence-electron chi connectivity index (χ0n) is 9.22. The molecule has 92 valence electrons. The molecule has 1 atom stereocenters. The third-order valence-corrected chi connectivity index (χ3v) is 2.15. The predicted molar refractivity (Wildman–Crippen MR) is 64.2 cm³/mol. The van der Waals surface area contributed by atoms with E-state index in [4.69, 9.17) is 16.3 Å². The molecule has 1 aromatic carbocycles. The van der Waals surface area contributed by atoms with Gasteiger partial charge in [-0.15, -0.1) is 0 Å². The molecular weight excluding hydrogens is 246 g/mol. The van der Waals surface area contributed by atoms with Crippen LogP contribution in [0.2, 0.25) is 0 Å². The van der Waals surface area contributed by atoms with Crippen molar-refractivity contribution in [3.8, 4) is 5.75 Å². The highest BCUT2D eigenvalue weighted by molar-refractivity contribution is 6.29. The van der Waals surface area contributed by atoms with Gasteiger partial charge in [0.1, 0.15) is 12.4 Å². The lowest BCUT2D eigenvalue weighted by molar-refractivity contribution is -0.385. The average Bonchev–Trinajstić information content (AvgIpc) is 2.25. The Hall–Kier alpha value is -1.59. The fraction of sp³-hybridized carbons (Fsp3) is 0.273. The maximum atomic E-state index is 10.6. The second-order valence-corrected chi connectivity index (χ2v) is 4.00. The number of benzene rings is 1. The monoisotopic (exact) mass is 257 g/mol. The number of aliphatic hydroxyl groups is 1. The van der Waals surface area contributed by atoms with E-state index < -0.39 is 11.0 Å². The lowest BCUT2D eigenvalue weighted by Gasteiger charge is -2.12. The number of nitro benzene ring substituents is 1. The molecule has 0 bridgehead atoms. The normalized spacial score (nSPS) is 11.9. The van der Waals surface area contributed by atoms with Gasteiger partial charge in [0.05, 0.1) is 11.0 Å². The highest BCUT2D eigenvalue weighted by atomic mass is 35.5. The molecule has 17 heavy (non-hydrogen) atoms. The summed E-state index contributed by atoms with van der Waals surface area (Å²) in [6, 6.07) is 4.01. The second kappa shape index (κ2) is 5.65. The molecule has 1 aromatic rings. The molecule has 0 aromatic heterocycles. The molecule has 5 nitrogen and oxygen atoms in total. The van der Waals surface area contributed by atoms with Crippen LogP contribution in [0, 0.1) is 10.1 Å². The topological polar surface area (TPSA) is 72.6 Å². The first-order valence-corrected chi connectivity index (χ1v) is 5.22. The van der Waals surface area contributed by atoms with Crippen LogP contribution in [-0.4, -0.2) is 16.6 Å². The molecule has 0 aliphatic carbocycles. The van der Waals surface area contributed by atoms with Gasteiger partial charge in [-0.1, -0.05) is 18.2 Å². The van der Waals surface area contributed by atoms with E-state index in [9.17, 15) is 15.2 Å². The van der Waals surface area contributed by atoms with Crippen LogP contribution in [0.4, 0.5) is 5.69 Å². The molecule has 1 unspecified atom stereocenters. The van der Waals surface area contributed by atoms with Gasteiger partial charge >= 0.3 is 0 Å². The fourth-order valence-corrected chi connectivity index (χ4v) is 1.32. The molecule has 0 aliphatic rings. The lowest BCUT2D eigenvalue weighted by atomic mass is 10.1. The van der Waals surface area contributed by atoms with Gasteiger partial charge in [0.15, 0.2) is 0 Å². The maximum Gasteiger partial charge on any atom is 0.270 e. The second-order valence-electron chi connectivity index (χ2n) is 3.46. The summed E-state index contributed by atoms with van der Waals surface area (Å²) in [5, 5.41) is 20.4. The number of halogens is 1. The number of aliphatic hydroxyl groups excluding tert-OH is 1. The molecule has 0 spiro atoms. The van der Waals surface area contributed by atoms with Crippen molar-refractivity contribution in [1.29, 1.82) is 0 Å². The Bertz CT molecular complexity index is 445. The Labute approximate surface area is 103 Å². The van der Waals surface area contributed by atoms with Gasteiger partial charge in [0.25, 0.3) is 5.69 Å². The number of nitrogens with zero attached hydrogens (tertiary/aromatic N) is 1. The molecule has 6 heteroatoms. The van der Waals surface area contributed by atoms with Crippen molar-refractivity contribution in [1.82, 2.24) is 0 Å². The van der Waals surface area contributed by atoms with Crippen molar-refractivity contribution in [3.05, 3.63) is 45.5 Å². The number of ether oxygens (including phenoxy) is 1. The Morgan fingerprint density at radius 1 is 1.71 bits per heavy atom.